The second kappa shape index (κ2) is 8.42. The summed E-state index contributed by atoms with van der Waals surface area (Å²) >= 11 is 0. The molecule has 0 unspecified atom stereocenters. The van der Waals surface area contributed by atoms with E-state index in [9.17, 15) is 17.6 Å². The molecule has 2 N–H and O–H groups in total. The zero-order valence-electron chi connectivity index (χ0n) is 15.8. The highest BCUT2D eigenvalue weighted by molar-refractivity contribution is 5.68. The number of nitrogens with one attached hydrogen (secondary N) is 2. The molecule has 3 aromatic rings. The summed E-state index contributed by atoms with van der Waals surface area (Å²) < 4.78 is 54.2. The topological polar surface area (TPSA) is 62.7 Å². The predicted octanol–water partition coefficient (Wildman–Crippen LogP) is 5.65. The monoisotopic (exact) mass is 405 g/mol. The second-order valence-corrected chi connectivity index (χ2v) is 6.44. The number of rotatable bonds is 6. The Morgan fingerprint density at radius 1 is 1.10 bits per heavy atom. The third-order valence-electron chi connectivity index (χ3n) is 4.24. The molecule has 0 spiro atoms. The summed E-state index contributed by atoms with van der Waals surface area (Å²) in [7, 11) is 0. The number of para-hydroxylation sites is 1. The van der Waals surface area contributed by atoms with E-state index in [-0.39, 0.29) is 17.8 Å². The molecule has 0 amide bonds. The summed E-state index contributed by atoms with van der Waals surface area (Å²) in [5.74, 6) is -0.786. The van der Waals surface area contributed by atoms with E-state index < -0.39 is 23.2 Å². The van der Waals surface area contributed by atoms with Gasteiger partial charge in [-0.05, 0) is 37.6 Å². The highest BCUT2D eigenvalue weighted by Gasteiger charge is 2.35. The minimum absolute atomic E-state index is 0.0280. The molecule has 9 heteroatoms. The Hall–Kier alpha value is -3.23. The van der Waals surface area contributed by atoms with Crippen LogP contribution in [0.4, 0.5) is 35.0 Å². The Balaban J connectivity index is 2.07. The highest BCUT2D eigenvalue weighted by atomic mass is 19.4. The molecule has 0 bridgehead atoms. The molecule has 1 atom stereocenters. The zero-order valence-corrected chi connectivity index (χ0v) is 15.8. The fourth-order valence-corrected chi connectivity index (χ4v) is 2.58. The maximum absolute atomic E-state index is 14.2. The predicted molar refractivity (Wildman–Crippen MR) is 103 cm³/mol. The molecule has 0 radical (unpaired) electrons. The van der Waals surface area contributed by atoms with Crippen molar-refractivity contribution < 1.29 is 17.6 Å². The van der Waals surface area contributed by atoms with Crippen LogP contribution in [0.1, 0.15) is 25.8 Å². The molecule has 1 aromatic carbocycles. The summed E-state index contributed by atoms with van der Waals surface area (Å²) in [5, 5.41) is 5.57. The number of anilines is 3. The minimum atomic E-state index is -4.72. The first-order valence-corrected chi connectivity index (χ1v) is 8.96. The van der Waals surface area contributed by atoms with Crippen LogP contribution in [0.25, 0.3) is 11.3 Å². The average Bonchev–Trinajstić information content (AvgIpc) is 2.69. The van der Waals surface area contributed by atoms with Gasteiger partial charge in [0.15, 0.2) is 0 Å². The van der Waals surface area contributed by atoms with Crippen molar-refractivity contribution in [2.24, 2.45) is 0 Å². The van der Waals surface area contributed by atoms with Crippen molar-refractivity contribution in [3.8, 4) is 11.3 Å². The summed E-state index contributed by atoms with van der Waals surface area (Å²) in [5.41, 5.74) is -0.721. The van der Waals surface area contributed by atoms with Crippen LogP contribution in [0.5, 0.6) is 0 Å². The van der Waals surface area contributed by atoms with Gasteiger partial charge in [-0.3, -0.25) is 4.98 Å². The highest BCUT2D eigenvalue weighted by Crippen LogP contribution is 2.37. The third kappa shape index (κ3) is 4.98. The molecular weight excluding hydrogens is 386 g/mol. The van der Waals surface area contributed by atoms with Crippen molar-refractivity contribution in [3.05, 3.63) is 60.2 Å². The molecule has 0 fully saturated rings. The van der Waals surface area contributed by atoms with Gasteiger partial charge in [0.1, 0.15) is 11.6 Å². The lowest BCUT2D eigenvalue weighted by molar-refractivity contribution is -0.137. The molecule has 0 aliphatic rings. The van der Waals surface area contributed by atoms with E-state index in [0.29, 0.717) is 11.3 Å². The van der Waals surface area contributed by atoms with Crippen molar-refractivity contribution in [2.45, 2.75) is 32.5 Å². The van der Waals surface area contributed by atoms with Gasteiger partial charge in [0.25, 0.3) is 0 Å². The molecule has 152 valence electrons. The van der Waals surface area contributed by atoms with Gasteiger partial charge in [-0.15, -0.1) is 0 Å². The Bertz CT molecular complexity index is 976. The molecule has 2 aromatic heterocycles. The molecule has 0 saturated heterocycles. The van der Waals surface area contributed by atoms with E-state index in [0.717, 1.165) is 24.6 Å². The summed E-state index contributed by atoms with van der Waals surface area (Å²) in [6, 6.07) is 7.74. The average molecular weight is 405 g/mol. The smallest absolute Gasteiger partial charge is 0.352 e. The van der Waals surface area contributed by atoms with Gasteiger partial charge in [0, 0.05) is 30.1 Å². The quantitative estimate of drug-likeness (QED) is 0.519. The lowest BCUT2D eigenvalue weighted by atomic mass is 10.1. The van der Waals surface area contributed by atoms with Crippen LogP contribution >= 0.6 is 0 Å². The SMILES string of the molecule is CC[C@@H](C)Nc1nc(Nc2c(F)cccc2C(F)(F)F)cc(-c2cccnc2)n1. The van der Waals surface area contributed by atoms with E-state index in [4.69, 9.17) is 0 Å². The minimum Gasteiger partial charge on any atom is -0.352 e. The lowest BCUT2D eigenvalue weighted by Gasteiger charge is -2.17. The van der Waals surface area contributed by atoms with E-state index in [1.54, 1.807) is 24.5 Å². The van der Waals surface area contributed by atoms with E-state index in [1.165, 1.54) is 6.07 Å². The number of hydrogen-bond donors (Lipinski definition) is 2. The molecule has 29 heavy (non-hydrogen) atoms. The fourth-order valence-electron chi connectivity index (χ4n) is 2.58. The van der Waals surface area contributed by atoms with Crippen LogP contribution in [-0.4, -0.2) is 21.0 Å². The van der Waals surface area contributed by atoms with E-state index in [1.807, 2.05) is 13.8 Å². The first kappa shape index (κ1) is 20.5. The molecular formula is C20H19F4N5. The van der Waals surface area contributed by atoms with Crippen LogP contribution in [0.2, 0.25) is 0 Å². The van der Waals surface area contributed by atoms with Gasteiger partial charge < -0.3 is 10.6 Å². The van der Waals surface area contributed by atoms with Crippen LogP contribution < -0.4 is 10.6 Å². The lowest BCUT2D eigenvalue weighted by Crippen LogP contribution is -2.17. The van der Waals surface area contributed by atoms with Crippen molar-refractivity contribution in [3.63, 3.8) is 0 Å². The van der Waals surface area contributed by atoms with Crippen molar-refractivity contribution in [1.82, 2.24) is 15.0 Å². The Morgan fingerprint density at radius 2 is 1.90 bits per heavy atom. The number of halogens is 4. The van der Waals surface area contributed by atoms with Gasteiger partial charge in [0.2, 0.25) is 5.95 Å². The molecule has 5 nitrogen and oxygen atoms in total. The van der Waals surface area contributed by atoms with E-state index >= 15 is 0 Å². The van der Waals surface area contributed by atoms with Gasteiger partial charge >= 0.3 is 6.18 Å². The maximum atomic E-state index is 14.2. The van der Waals surface area contributed by atoms with Gasteiger partial charge in [0.05, 0.1) is 16.9 Å². The summed E-state index contributed by atoms with van der Waals surface area (Å²) in [4.78, 5) is 12.7. The normalized spacial score (nSPS) is 12.5. The third-order valence-corrected chi connectivity index (χ3v) is 4.24. The van der Waals surface area contributed by atoms with Crippen molar-refractivity contribution in [2.75, 3.05) is 10.6 Å². The molecule has 0 saturated carbocycles. The largest absolute Gasteiger partial charge is 0.418 e. The van der Waals surface area contributed by atoms with Gasteiger partial charge in [-0.25, -0.2) is 9.37 Å². The van der Waals surface area contributed by atoms with E-state index in [2.05, 4.69) is 25.6 Å². The molecule has 0 aliphatic heterocycles. The standard InChI is InChI=1S/C20H19F4N5/c1-3-12(2)26-19-27-16(13-6-5-9-25-11-13)10-17(29-19)28-18-14(20(22,23)24)7-4-8-15(18)21/h4-12H,3H2,1-2H3,(H2,26,27,28,29)/t12-/m1/s1. The number of benzene rings is 1. The Labute approximate surface area is 165 Å². The number of nitrogens with zero attached hydrogens (tertiary/aromatic N) is 3. The molecule has 2 heterocycles. The van der Waals surface area contributed by atoms with Crippen LogP contribution in [0, 0.1) is 5.82 Å². The van der Waals surface area contributed by atoms with Crippen LogP contribution in [0.3, 0.4) is 0 Å². The van der Waals surface area contributed by atoms with Gasteiger partial charge in [-0.1, -0.05) is 13.0 Å². The second-order valence-electron chi connectivity index (χ2n) is 6.44. The summed E-state index contributed by atoms with van der Waals surface area (Å²) in [6.45, 7) is 3.89. The Morgan fingerprint density at radius 3 is 2.55 bits per heavy atom. The molecule has 3 rings (SSSR count). The van der Waals surface area contributed by atoms with Crippen molar-refractivity contribution >= 4 is 17.5 Å². The fraction of sp³-hybridized carbons (Fsp3) is 0.250. The van der Waals surface area contributed by atoms with Gasteiger partial charge in [-0.2, -0.15) is 18.2 Å². The Kier molecular flexibility index (Phi) is 5.95. The first-order chi connectivity index (χ1) is 13.8. The van der Waals surface area contributed by atoms with Crippen LogP contribution in [-0.2, 0) is 6.18 Å². The number of pyridine rings is 1. The number of alkyl halides is 3. The maximum Gasteiger partial charge on any atom is 0.418 e. The van der Waals surface area contributed by atoms with Crippen molar-refractivity contribution in [1.29, 1.82) is 0 Å². The summed E-state index contributed by atoms with van der Waals surface area (Å²) in [6.07, 6.45) is -0.767. The first-order valence-electron chi connectivity index (χ1n) is 8.96. The molecule has 0 aliphatic carbocycles. The number of aromatic nitrogens is 3. The zero-order chi connectivity index (χ0) is 21.0. The van der Waals surface area contributed by atoms with Crippen LogP contribution in [0.15, 0.2) is 48.8 Å². The number of hydrogen-bond acceptors (Lipinski definition) is 5.